The van der Waals surface area contributed by atoms with Gasteiger partial charge in [-0.1, -0.05) is 19.8 Å². The zero-order valence-corrected chi connectivity index (χ0v) is 12.8. The highest BCUT2D eigenvalue weighted by atomic mass is 32.2. The molecule has 112 valence electrons. The highest BCUT2D eigenvalue weighted by molar-refractivity contribution is 7.91. The molecule has 0 aromatic heterocycles. The summed E-state index contributed by atoms with van der Waals surface area (Å²) in [6.45, 7) is 5.46. The zero-order valence-electron chi connectivity index (χ0n) is 12.0. The number of likely N-dealkylation sites (tertiary alicyclic amines) is 1. The predicted molar refractivity (Wildman–Crippen MR) is 76.8 cm³/mol. The average Bonchev–Trinajstić information content (AvgIpc) is 2.66. The third-order valence-corrected chi connectivity index (χ3v) is 5.30. The van der Waals surface area contributed by atoms with E-state index in [1.807, 2.05) is 11.8 Å². The van der Waals surface area contributed by atoms with E-state index < -0.39 is 9.84 Å². The maximum Gasteiger partial charge on any atom is 0.239 e. The molecule has 1 unspecified atom stereocenters. The average molecular weight is 290 g/mol. The van der Waals surface area contributed by atoms with E-state index in [0.717, 1.165) is 25.9 Å². The normalized spacial score (nSPS) is 18.9. The molecule has 5 nitrogen and oxygen atoms in total. The monoisotopic (exact) mass is 290 g/mol. The molecule has 6 heteroatoms. The minimum atomic E-state index is -2.96. The summed E-state index contributed by atoms with van der Waals surface area (Å²) in [6, 6.07) is -0.301. The fourth-order valence-corrected chi connectivity index (χ4v) is 2.95. The smallest absolute Gasteiger partial charge is 0.239 e. The number of nitrogens with one attached hydrogen (secondary N) is 1. The molecule has 1 fully saturated rings. The molecule has 0 bridgehead atoms. The highest BCUT2D eigenvalue weighted by Gasteiger charge is 2.21. The number of rotatable bonds is 6. The Hall–Kier alpha value is -0.620. The lowest BCUT2D eigenvalue weighted by atomic mass is 10.2. The first-order valence-corrected chi connectivity index (χ1v) is 9.01. The van der Waals surface area contributed by atoms with Crippen molar-refractivity contribution < 1.29 is 13.2 Å². The van der Waals surface area contributed by atoms with Crippen LogP contribution in [-0.4, -0.2) is 56.4 Å². The molecule has 0 radical (unpaired) electrons. The first kappa shape index (κ1) is 16.4. The second kappa shape index (κ2) is 7.85. The number of sulfone groups is 1. The van der Waals surface area contributed by atoms with E-state index in [-0.39, 0.29) is 23.5 Å². The Bertz CT molecular complexity index is 373. The summed E-state index contributed by atoms with van der Waals surface area (Å²) in [5.41, 5.74) is 0. The molecule has 1 heterocycles. The number of nitrogens with zero attached hydrogens (tertiary/aromatic N) is 1. The fraction of sp³-hybridized carbons (Fsp3) is 0.923. The third kappa shape index (κ3) is 5.91. The van der Waals surface area contributed by atoms with E-state index in [0.29, 0.717) is 6.54 Å². The van der Waals surface area contributed by atoms with E-state index in [4.69, 9.17) is 0 Å². The van der Waals surface area contributed by atoms with Gasteiger partial charge >= 0.3 is 0 Å². The van der Waals surface area contributed by atoms with E-state index in [9.17, 15) is 13.2 Å². The number of carbonyl (C=O) groups is 1. The van der Waals surface area contributed by atoms with Crippen LogP contribution in [0.15, 0.2) is 0 Å². The van der Waals surface area contributed by atoms with Gasteiger partial charge in [-0.3, -0.25) is 4.79 Å². The Labute approximate surface area is 116 Å². The molecule has 0 aliphatic carbocycles. The topological polar surface area (TPSA) is 66.5 Å². The number of amides is 1. The van der Waals surface area contributed by atoms with Gasteiger partial charge in [-0.25, -0.2) is 8.42 Å². The van der Waals surface area contributed by atoms with Crippen LogP contribution < -0.4 is 5.32 Å². The van der Waals surface area contributed by atoms with Crippen LogP contribution in [0, 0.1) is 0 Å². The Kier molecular flexibility index (Phi) is 6.79. The summed E-state index contributed by atoms with van der Waals surface area (Å²) >= 11 is 0. The maximum atomic E-state index is 12.2. The SMILES string of the molecule is CCS(=O)(=O)CCNC(C)C(=O)N1CCCCCC1. The van der Waals surface area contributed by atoms with Crippen LogP contribution in [0.1, 0.15) is 39.5 Å². The van der Waals surface area contributed by atoms with Crippen molar-refractivity contribution in [3.8, 4) is 0 Å². The second-order valence-corrected chi connectivity index (χ2v) is 7.62. The van der Waals surface area contributed by atoms with Gasteiger partial charge in [-0.05, 0) is 19.8 Å². The molecule has 1 aliphatic heterocycles. The Morgan fingerprint density at radius 3 is 2.32 bits per heavy atom. The van der Waals surface area contributed by atoms with Gasteiger partial charge in [0.2, 0.25) is 5.91 Å². The van der Waals surface area contributed by atoms with Crippen molar-refractivity contribution in [1.82, 2.24) is 10.2 Å². The molecular weight excluding hydrogens is 264 g/mol. The highest BCUT2D eigenvalue weighted by Crippen LogP contribution is 2.10. The van der Waals surface area contributed by atoms with Crippen molar-refractivity contribution in [3.63, 3.8) is 0 Å². The molecule has 1 saturated heterocycles. The lowest BCUT2D eigenvalue weighted by Gasteiger charge is -2.24. The van der Waals surface area contributed by atoms with Gasteiger partial charge in [0.1, 0.15) is 0 Å². The standard InChI is InChI=1S/C13H26N2O3S/c1-3-19(17,18)11-8-14-12(2)13(16)15-9-6-4-5-7-10-15/h12,14H,3-11H2,1-2H3. The summed E-state index contributed by atoms with van der Waals surface area (Å²) in [4.78, 5) is 14.1. The molecule has 0 saturated carbocycles. The fourth-order valence-electron chi connectivity index (χ4n) is 2.23. The van der Waals surface area contributed by atoms with Crippen LogP contribution in [0.25, 0.3) is 0 Å². The molecule has 1 aliphatic rings. The molecule has 1 amide bonds. The number of hydrogen-bond acceptors (Lipinski definition) is 4. The Morgan fingerprint density at radius 2 is 1.79 bits per heavy atom. The molecule has 0 aromatic carbocycles. The summed E-state index contributed by atoms with van der Waals surface area (Å²) in [5.74, 6) is 0.348. The van der Waals surface area contributed by atoms with E-state index >= 15 is 0 Å². The van der Waals surface area contributed by atoms with Crippen LogP contribution in [0.5, 0.6) is 0 Å². The van der Waals surface area contributed by atoms with E-state index in [2.05, 4.69) is 5.32 Å². The molecule has 1 atom stereocenters. The largest absolute Gasteiger partial charge is 0.341 e. The van der Waals surface area contributed by atoms with Gasteiger partial charge in [0.05, 0.1) is 11.8 Å². The number of hydrogen-bond donors (Lipinski definition) is 1. The van der Waals surface area contributed by atoms with E-state index in [1.54, 1.807) is 6.92 Å². The lowest BCUT2D eigenvalue weighted by Crippen LogP contribution is -2.46. The lowest BCUT2D eigenvalue weighted by molar-refractivity contribution is -0.132. The summed E-state index contributed by atoms with van der Waals surface area (Å²) in [7, 11) is -2.96. The van der Waals surface area contributed by atoms with Crippen molar-refractivity contribution >= 4 is 15.7 Å². The van der Waals surface area contributed by atoms with Gasteiger partial charge in [0.25, 0.3) is 0 Å². The van der Waals surface area contributed by atoms with Gasteiger partial charge in [-0.2, -0.15) is 0 Å². The minimum Gasteiger partial charge on any atom is -0.341 e. The second-order valence-electron chi connectivity index (χ2n) is 5.15. The van der Waals surface area contributed by atoms with Crippen molar-refractivity contribution in [2.24, 2.45) is 0 Å². The molecule has 0 spiro atoms. The van der Waals surface area contributed by atoms with Crippen LogP contribution in [0.2, 0.25) is 0 Å². The van der Waals surface area contributed by atoms with Crippen LogP contribution in [0.3, 0.4) is 0 Å². The van der Waals surface area contributed by atoms with Crippen molar-refractivity contribution in [1.29, 1.82) is 0 Å². The first-order chi connectivity index (χ1) is 8.96. The van der Waals surface area contributed by atoms with Gasteiger partial charge in [-0.15, -0.1) is 0 Å². The summed E-state index contributed by atoms with van der Waals surface area (Å²) in [6.07, 6.45) is 4.53. The predicted octanol–water partition coefficient (Wildman–Crippen LogP) is 0.802. The first-order valence-electron chi connectivity index (χ1n) is 7.19. The van der Waals surface area contributed by atoms with Gasteiger partial charge in [0.15, 0.2) is 9.84 Å². The van der Waals surface area contributed by atoms with Crippen LogP contribution in [0.4, 0.5) is 0 Å². The summed E-state index contributed by atoms with van der Waals surface area (Å²) in [5, 5.41) is 3.02. The molecule has 0 aromatic rings. The Balaban J connectivity index is 2.35. The molecule has 19 heavy (non-hydrogen) atoms. The minimum absolute atomic E-state index is 0.0933. The molecular formula is C13H26N2O3S. The Morgan fingerprint density at radius 1 is 1.21 bits per heavy atom. The summed E-state index contributed by atoms with van der Waals surface area (Å²) < 4.78 is 22.7. The van der Waals surface area contributed by atoms with Crippen LogP contribution >= 0.6 is 0 Å². The van der Waals surface area contributed by atoms with Crippen LogP contribution in [-0.2, 0) is 14.6 Å². The maximum absolute atomic E-state index is 12.2. The van der Waals surface area contributed by atoms with Crippen molar-refractivity contribution in [2.45, 2.75) is 45.6 Å². The third-order valence-electron chi connectivity index (χ3n) is 3.59. The van der Waals surface area contributed by atoms with Crippen molar-refractivity contribution in [3.05, 3.63) is 0 Å². The quantitative estimate of drug-likeness (QED) is 0.786. The molecule has 1 rings (SSSR count). The van der Waals surface area contributed by atoms with Gasteiger partial charge in [0, 0.05) is 25.4 Å². The molecule has 1 N–H and O–H groups in total. The van der Waals surface area contributed by atoms with E-state index in [1.165, 1.54) is 12.8 Å². The zero-order chi connectivity index (χ0) is 14.3. The van der Waals surface area contributed by atoms with Crippen molar-refractivity contribution in [2.75, 3.05) is 31.1 Å². The van der Waals surface area contributed by atoms with Gasteiger partial charge < -0.3 is 10.2 Å². The number of carbonyl (C=O) groups excluding carboxylic acids is 1.